The predicted molar refractivity (Wildman–Crippen MR) is 118 cm³/mol. The van der Waals surface area contributed by atoms with Crippen LogP contribution in [-0.4, -0.2) is 27.3 Å². The van der Waals surface area contributed by atoms with Crippen molar-refractivity contribution >= 4 is 30.2 Å². The summed E-state index contributed by atoms with van der Waals surface area (Å²) in [6.07, 6.45) is 3.82. The summed E-state index contributed by atoms with van der Waals surface area (Å²) in [5, 5.41) is 11.6. The van der Waals surface area contributed by atoms with Crippen molar-refractivity contribution in [1.82, 2.24) is 14.9 Å². The number of hydrogen-bond acceptors (Lipinski definition) is 5. The van der Waals surface area contributed by atoms with E-state index in [1.807, 2.05) is 12.1 Å². The van der Waals surface area contributed by atoms with Crippen LogP contribution in [0.25, 0.3) is 0 Å². The van der Waals surface area contributed by atoms with E-state index in [0.717, 1.165) is 16.9 Å². The van der Waals surface area contributed by atoms with Crippen molar-refractivity contribution < 1.29 is 4.74 Å². The van der Waals surface area contributed by atoms with Crippen LogP contribution in [0, 0.1) is 11.7 Å². The van der Waals surface area contributed by atoms with Crippen molar-refractivity contribution in [2.24, 2.45) is 5.10 Å². The van der Waals surface area contributed by atoms with E-state index < -0.39 is 0 Å². The molecule has 0 aliphatic heterocycles. The highest BCUT2D eigenvalue weighted by Gasteiger charge is 2.11. The topological polar surface area (TPSA) is 55.2 Å². The molecule has 0 aliphatic rings. The van der Waals surface area contributed by atoms with E-state index in [1.165, 1.54) is 10.5 Å². The van der Waals surface area contributed by atoms with Crippen LogP contribution in [0.4, 0.5) is 0 Å². The Hall–Kier alpha value is -2.38. The maximum Gasteiger partial charge on any atom is 0.216 e. The summed E-state index contributed by atoms with van der Waals surface area (Å²) in [4.78, 5) is 1.21. The number of aromatic nitrogens is 3. The lowest BCUT2D eigenvalue weighted by Gasteiger charge is -2.14. The van der Waals surface area contributed by atoms with Crippen LogP contribution in [0.3, 0.4) is 0 Å². The van der Waals surface area contributed by atoms with E-state index in [9.17, 15) is 0 Å². The molecule has 0 atom stereocenters. The van der Waals surface area contributed by atoms with Gasteiger partial charge in [0.2, 0.25) is 4.77 Å². The van der Waals surface area contributed by atoms with E-state index in [-0.39, 0.29) is 6.61 Å². The number of nitrogens with one attached hydrogen (secondary N) is 1. The van der Waals surface area contributed by atoms with Gasteiger partial charge >= 0.3 is 0 Å². The molecule has 0 fully saturated rings. The number of thioether (sulfide) groups is 1. The molecule has 5 nitrogen and oxygen atoms in total. The molecule has 0 saturated heterocycles. The molecule has 0 spiro atoms. The Morgan fingerprint density at radius 2 is 2.00 bits per heavy atom. The van der Waals surface area contributed by atoms with Crippen LogP contribution < -0.4 is 4.74 Å². The lowest BCUT2D eigenvalue weighted by Crippen LogP contribution is -2.06. The standard InChI is InChI=1S/C21H24N4OS2/c1-14(2)18-10-5-15(3)11-19(18)26-13-20-23-24-21(27)25(20)22-12-16-6-8-17(28-4)9-7-16/h5-12,14H,13H2,1-4H3,(H,24,27)/b22-12-. The molecule has 2 aromatic carbocycles. The van der Waals surface area contributed by atoms with Gasteiger partial charge in [-0.2, -0.15) is 14.9 Å². The molecular weight excluding hydrogens is 388 g/mol. The molecule has 0 unspecified atom stereocenters. The number of rotatable bonds is 7. The summed E-state index contributed by atoms with van der Waals surface area (Å²) in [5.74, 6) is 1.86. The quantitative estimate of drug-likeness (QED) is 0.314. The van der Waals surface area contributed by atoms with Crippen molar-refractivity contribution in [2.45, 2.75) is 38.2 Å². The number of H-pyrrole nitrogens is 1. The maximum atomic E-state index is 6.08. The zero-order chi connectivity index (χ0) is 20.1. The minimum atomic E-state index is 0.277. The summed E-state index contributed by atoms with van der Waals surface area (Å²) in [6.45, 7) is 6.64. The molecule has 0 radical (unpaired) electrons. The molecule has 7 heteroatoms. The average molecular weight is 413 g/mol. The fourth-order valence-corrected chi connectivity index (χ4v) is 3.34. The Morgan fingerprint density at radius 3 is 2.68 bits per heavy atom. The van der Waals surface area contributed by atoms with Crippen LogP contribution >= 0.6 is 24.0 Å². The average Bonchev–Trinajstić information content (AvgIpc) is 3.04. The third-order valence-corrected chi connectivity index (χ3v) is 5.31. The zero-order valence-corrected chi connectivity index (χ0v) is 18.1. The molecule has 28 heavy (non-hydrogen) atoms. The maximum absolute atomic E-state index is 6.08. The molecule has 0 aliphatic carbocycles. The van der Waals surface area contributed by atoms with Crippen molar-refractivity contribution in [2.75, 3.05) is 6.26 Å². The van der Waals surface area contributed by atoms with Gasteiger partial charge in [0.25, 0.3) is 0 Å². The molecule has 1 heterocycles. The van der Waals surface area contributed by atoms with E-state index in [1.54, 1.807) is 22.7 Å². The van der Waals surface area contributed by atoms with Gasteiger partial charge in [-0.1, -0.05) is 38.1 Å². The summed E-state index contributed by atoms with van der Waals surface area (Å²) >= 11 is 7.03. The highest BCUT2D eigenvalue weighted by molar-refractivity contribution is 7.98. The Kier molecular flexibility index (Phi) is 6.70. The van der Waals surface area contributed by atoms with Crippen LogP contribution in [-0.2, 0) is 6.61 Å². The molecule has 0 amide bonds. The van der Waals surface area contributed by atoms with E-state index in [0.29, 0.717) is 16.5 Å². The van der Waals surface area contributed by atoms with Gasteiger partial charge in [0.1, 0.15) is 12.4 Å². The highest BCUT2D eigenvalue weighted by Crippen LogP contribution is 2.28. The number of hydrogen-bond donors (Lipinski definition) is 1. The van der Waals surface area contributed by atoms with Crippen LogP contribution in [0.1, 0.15) is 42.3 Å². The fourth-order valence-electron chi connectivity index (χ4n) is 2.74. The fraction of sp³-hybridized carbons (Fsp3) is 0.286. The van der Waals surface area contributed by atoms with E-state index >= 15 is 0 Å². The van der Waals surface area contributed by atoms with Gasteiger partial charge in [0.15, 0.2) is 5.82 Å². The largest absolute Gasteiger partial charge is 0.485 e. The third-order valence-electron chi connectivity index (χ3n) is 4.30. The van der Waals surface area contributed by atoms with Crippen LogP contribution in [0.5, 0.6) is 5.75 Å². The highest BCUT2D eigenvalue weighted by atomic mass is 32.2. The van der Waals surface area contributed by atoms with Crippen molar-refractivity contribution in [3.63, 3.8) is 0 Å². The molecule has 1 aromatic heterocycles. The van der Waals surface area contributed by atoms with Gasteiger partial charge in [-0.25, -0.2) is 5.10 Å². The van der Waals surface area contributed by atoms with Crippen molar-refractivity contribution in [3.05, 3.63) is 69.8 Å². The first kappa shape index (κ1) is 20.4. The van der Waals surface area contributed by atoms with E-state index in [4.69, 9.17) is 17.0 Å². The van der Waals surface area contributed by atoms with Gasteiger partial charge in [-0.3, -0.25) is 0 Å². The molecule has 3 aromatic rings. The summed E-state index contributed by atoms with van der Waals surface area (Å²) in [6, 6.07) is 14.4. The SMILES string of the molecule is CSc1ccc(/C=N\n2c(COc3cc(C)ccc3C(C)C)n[nH]c2=S)cc1. The van der Waals surface area contributed by atoms with Crippen LogP contribution in [0.2, 0.25) is 0 Å². The second-order valence-corrected chi connectivity index (χ2v) is 8.03. The first-order valence-corrected chi connectivity index (χ1v) is 10.7. The van der Waals surface area contributed by atoms with Gasteiger partial charge in [0.05, 0.1) is 6.21 Å². The van der Waals surface area contributed by atoms with Gasteiger partial charge in [-0.05, 0) is 66.2 Å². The third kappa shape index (κ3) is 4.91. The molecule has 0 saturated carbocycles. The van der Waals surface area contributed by atoms with Crippen molar-refractivity contribution in [1.29, 1.82) is 0 Å². The number of aryl methyl sites for hydroxylation is 1. The minimum absolute atomic E-state index is 0.277. The number of benzene rings is 2. The normalized spacial score (nSPS) is 11.5. The van der Waals surface area contributed by atoms with Gasteiger partial charge in [-0.15, -0.1) is 11.8 Å². The molecule has 3 rings (SSSR count). The summed E-state index contributed by atoms with van der Waals surface area (Å²) in [5.41, 5.74) is 3.32. The Bertz CT molecular complexity index is 1020. The molecule has 0 bridgehead atoms. The second kappa shape index (κ2) is 9.21. The zero-order valence-electron chi connectivity index (χ0n) is 16.5. The first-order valence-electron chi connectivity index (χ1n) is 9.06. The Morgan fingerprint density at radius 1 is 1.25 bits per heavy atom. The lowest BCUT2D eigenvalue weighted by molar-refractivity contribution is 0.286. The molecule has 146 valence electrons. The number of nitrogens with zero attached hydrogens (tertiary/aromatic N) is 3. The first-order chi connectivity index (χ1) is 13.5. The van der Waals surface area contributed by atoms with E-state index in [2.05, 4.69) is 72.7 Å². The molecular formula is C21H24N4OS2. The van der Waals surface area contributed by atoms with Crippen LogP contribution in [0.15, 0.2) is 52.5 Å². The number of aromatic amines is 1. The summed E-state index contributed by atoms with van der Waals surface area (Å²) < 4.78 is 8.11. The Labute approximate surface area is 174 Å². The van der Waals surface area contributed by atoms with Gasteiger partial charge < -0.3 is 4.74 Å². The Balaban J connectivity index is 1.79. The van der Waals surface area contributed by atoms with Crippen molar-refractivity contribution in [3.8, 4) is 5.75 Å². The lowest BCUT2D eigenvalue weighted by atomic mass is 10.0. The number of ether oxygens (including phenoxy) is 1. The second-order valence-electron chi connectivity index (χ2n) is 6.76. The minimum Gasteiger partial charge on any atom is -0.485 e. The smallest absolute Gasteiger partial charge is 0.216 e. The monoisotopic (exact) mass is 412 g/mol. The van der Waals surface area contributed by atoms with Gasteiger partial charge in [0, 0.05) is 4.90 Å². The summed E-state index contributed by atoms with van der Waals surface area (Å²) in [7, 11) is 0. The predicted octanol–water partition coefficient (Wildman–Crippen LogP) is 5.56. The molecule has 1 N–H and O–H groups in total.